The van der Waals surface area contributed by atoms with E-state index in [0.29, 0.717) is 11.3 Å². The van der Waals surface area contributed by atoms with Crippen molar-refractivity contribution in [3.05, 3.63) is 29.8 Å². The Morgan fingerprint density at radius 1 is 1.41 bits per heavy atom. The number of nitrogens with two attached hydrogens (primary N) is 1. The fraction of sp³-hybridized carbons (Fsp3) is 0.417. The molecule has 5 heteroatoms. The lowest BCUT2D eigenvalue weighted by Crippen LogP contribution is -2.29. The number of aliphatic hydroxyl groups is 1. The van der Waals surface area contributed by atoms with Gasteiger partial charge in [0.25, 0.3) is 0 Å². The van der Waals surface area contributed by atoms with Gasteiger partial charge in [-0.25, -0.2) is 0 Å². The van der Waals surface area contributed by atoms with Gasteiger partial charge in [-0.05, 0) is 24.1 Å². The number of aliphatic carboxylic acids is 1. The SMILES string of the molecule is COc1ccc(C(O)C(N)CCC(=O)O)cc1. The lowest BCUT2D eigenvalue weighted by atomic mass is 9.99. The minimum absolute atomic E-state index is 0.0472. The van der Waals surface area contributed by atoms with Crippen LogP contribution in [0.25, 0.3) is 0 Å². The number of carboxylic acids is 1. The van der Waals surface area contributed by atoms with Crippen molar-refractivity contribution in [2.45, 2.75) is 25.0 Å². The third kappa shape index (κ3) is 4.05. The van der Waals surface area contributed by atoms with Gasteiger partial charge in [0.15, 0.2) is 0 Å². The molecule has 0 saturated heterocycles. The molecule has 0 bridgehead atoms. The van der Waals surface area contributed by atoms with E-state index in [0.717, 1.165) is 0 Å². The van der Waals surface area contributed by atoms with Gasteiger partial charge in [0.05, 0.1) is 13.2 Å². The van der Waals surface area contributed by atoms with E-state index in [-0.39, 0.29) is 12.8 Å². The van der Waals surface area contributed by atoms with Gasteiger partial charge in [-0.2, -0.15) is 0 Å². The first-order chi connectivity index (χ1) is 8.04. The molecule has 2 unspecified atom stereocenters. The largest absolute Gasteiger partial charge is 0.497 e. The Labute approximate surface area is 99.8 Å². The van der Waals surface area contributed by atoms with Crippen molar-refractivity contribution in [3.63, 3.8) is 0 Å². The van der Waals surface area contributed by atoms with Crippen molar-refractivity contribution >= 4 is 5.97 Å². The van der Waals surface area contributed by atoms with Crippen molar-refractivity contribution in [1.29, 1.82) is 0 Å². The van der Waals surface area contributed by atoms with Gasteiger partial charge < -0.3 is 20.7 Å². The van der Waals surface area contributed by atoms with E-state index in [1.54, 1.807) is 31.4 Å². The van der Waals surface area contributed by atoms with Crippen LogP contribution in [-0.2, 0) is 4.79 Å². The summed E-state index contributed by atoms with van der Waals surface area (Å²) in [6.45, 7) is 0. The van der Waals surface area contributed by atoms with Crippen LogP contribution in [0.4, 0.5) is 0 Å². The second-order valence-electron chi connectivity index (χ2n) is 3.81. The summed E-state index contributed by atoms with van der Waals surface area (Å²) >= 11 is 0. The Bertz CT molecular complexity index is 363. The van der Waals surface area contributed by atoms with E-state index in [2.05, 4.69) is 0 Å². The molecule has 2 atom stereocenters. The predicted octanol–water partition coefficient (Wildman–Crippen LogP) is 0.921. The first-order valence-electron chi connectivity index (χ1n) is 5.34. The molecular formula is C12H17NO4. The Hall–Kier alpha value is -1.59. The van der Waals surface area contributed by atoms with E-state index >= 15 is 0 Å². The molecule has 1 aromatic carbocycles. The minimum atomic E-state index is -0.914. The zero-order valence-corrected chi connectivity index (χ0v) is 9.67. The molecule has 94 valence electrons. The van der Waals surface area contributed by atoms with Crippen molar-refractivity contribution in [2.75, 3.05) is 7.11 Å². The Balaban J connectivity index is 2.60. The lowest BCUT2D eigenvalue weighted by molar-refractivity contribution is -0.137. The van der Waals surface area contributed by atoms with Crippen LogP contribution < -0.4 is 10.5 Å². The number of benzene rings is 1. The van der Waals surface area contributed by atoms with Crippen LogP contribution in [0.5, 0.6) is 5.75 Å². The Kier molecular flexibility index (Phi) is 4.93. The van der Waals surface area contributed by atoms with Gasteiger partial charge in [-0.3, -0.25) is 4.79 Å². The summed E-state index contributed by atoms with van der Waals surface area (Å²) in [5, 5.41) is 18.4. The summed E-state index contributed by atoms with van der Waals surface area (Å²) in [5.41, 5.74) is 6.38. The molecule has 0 radical (unpaired) electrons. The molecule has 0 amide bonds. The van der Waals surface area contributed by atoms with E-state index in [1.165, 1.54) is 0 Å². The monoisotopic (exact) mass is 239 g/mol. The standard InChI is InChI=1S/C12H17NO4/c1-17-9-4-2-8(3-5-9)12(16)10(13)6-7-11(14)15/h2-5,10,12,16H,6-7,13H2,1H3,(H,14,15). The highest BCUT2D eigenvalue weighted by atomic mass is 16.5. The van der Waals surface area contributed by atoms with Crippen LogP contribution in [0, 0.1) is 0 Å². The molecular weight excluding hydrogens is 222 g/mol. The topological polar surface area (TPSA) is 92.8 Å². The molecule has 0 aliphatic rings. The van der Waals surface area contributed by atoms with E-state index < -0.39 is 18.1 Å². The fourth-order valence-corrected chi connectivity index (χ4v) is 1.50. The zero-order valence-electron chi connectivity index (χ0n) is 9.67. The number of hydrogen-bond acceptors (Lipinski definition) is 4. The number of carbonyl (C=O) groups is 1. The molecule has 17 heavy (non-hydrogen) atoms. The summed E-state index contributed by atoms with van der Waals surface area (Å²) < 4.78 is 5.00. The molecule has 0 aliphatic heterocycles. The number of carboxylic acid groups (broad SMARTS) is 1. The minimum Gasteiger partial charge on any atom is -0.497 e. The fourth-order valence-electron chi connectivity index (χ4n) is 1.50. The number of hydrogen-bond donors (Lipinski definition) is 3. The number of aliphatic hydroxyl groups excluding tert-OH is 1. The smallest absolute Gasteiger partial charge is 0.303 e. The maximum Gasteiger partial charge on any atom is 0.303 e. The molecule has 0 spiro atoms. The van der Waals surface area contributed by atoms with Crippen molar-refractivity contribution in [1.82, 2.24) is 0 Å². The van der Waals surface area contributed by atoms with Crippen LogP contribution >= 0.6 is 0 Å². The van der Waals surface area contributed by atoms with Gasteiger partial charge in [0.2, 0.25) is 0 Å². The van der Waals surface area contributed by atoms with Crippen LogP contribution in [0.2, 0.25) is 0 Å². The summed E-state index contributed by atoms with van der Waals surface area (Å²) in [6.07, 6.45) is -0.669. The van der Waals surface area contributed by atoms with Crippen molar-refractivity contribution < 1.29 is 19.7 Å². The molecule has 0 aliphatic carbocycles. The molecule has 5 nitrogen and oxygen atoms in total. The van der Waals surface area contributed by atoms with E-state index in [9.17, 15) is 9.90 Å². The molecule has 0 heterocycles. The van der Waals surface area contributed by atoms with Crippen molar-refractivity contribution in [2.24, 2.45) is 5.73 Å². The number of rotatable bonds is 6. The van der Waals surface area contributed by atoms with Crippen LogP contribution in [0.1, 0.15) is 24.5 Å². The normalized spacial score (nSPS) is 14.1. The maximum absolute atomic E-state index is 10.4. The summed E-state index contributed by atoms with van der Waals surface area (Å²) in [7, 11) is 1.56. The molecule has 1 rings (SSSR count). The molecule has 1 aromatic rings. The number of methoxy groups -OCH3 is 1. The highest BCUT2D eigenvalue weighted by Gasteiger charge is 2.17. The van der Waals surface area contributed by atoms with Crippen LogP contribution in [-0.4, -0.2) is 29.3 Å². The summed E-state index contributed by atoms with van der Waals surface area (Å²) in [4.78, 5) is 10.4. The first kappa shape index (κ1) is 13.5. The van der Waals surface area contributed by atoms with Gasteiger partial charge in [-0.15, -0.1) is 0 Å². The van der Waals surface area contributed by atoms with E-state index in [1.807, 2.05) is 0 Å². The Morgan fingerprint density at radius 2 is 2.00 bits per heavy atom. The maximum atomic E-state index is 10.4. The third-order valence-electron chi connectivity index (χ3n) is 2.55. The highest BCUT2D eigenvalue weighted by Crippen LogP contribution is 2.21. The molecule has 0 fully saturated rings. The zero-order chi connectivity index (χ0) is 12.8. The first-order valence-corrected chi connectivity index (χ1v) is 5.34. The van der Waals surface area contributed by atoms with Crippen LogP contribution in [0.3, 0.4) is 0 Å². The third-order valence-corrected chi connectivity index (χ3v) is 2.55. The van der Waals surface area contributed by atoms with Crippen molar-refractivity contribution in [3.8, 4) is 5.75 Å². The predicted molar refractivity (Wildman–Crippen MR) is 62.8 cm³/mol. The summed E-state index contributed by atoms with van der Waals surface area (Å²) in [6, 6.07) is 6.29. The number of ether oxygens (including phenoxy) is 1. The van der Waals surface area contributed by atoms with Gasteiger partial charge >= 0.3 is 5.97 Å². The van der Waals surface area contributed by atoms with Crippen LogP contribution in [0.15, 0.2) is 24.3 Å². The molecule has 0 aromatic heterocycles. The van der Waals surface area contributed by atoms with Gasteiger partial charge in [0.1, 0.15) is 5.75 Å². The quantitative estimate of drug-likeness (QED) is 0.686. The highest BCUT2D eigenvalue weighted by molar-refractivity contribution is 5.66. The lowest BCUT2D eigenvalue weighted by Gasteiger charge is -2.18. The summed E-state index contributed by atoms with van der Waals surface area (Å²) in [5.74, 6) is -0.220. The van der Waals surface area contributed by atoms with Gasteiger partial charge in [0, 0.05) is 12.5 Å². The average molecular weight is 239 g/mol. The second-order valence-corrected chi connectivity index (χ2v) is 3.81. The van der Waals surface area contributed by atoms with E-state index in [4.69, 9.17) is 15.6 Å². The molecule has 0 saturated carbocycles. The second kappa shape index (κ2) is 6.22. The molecule has 4 N–H and O–H groups in total. The Morgan fingerprint density at radius 3 is 2.47 bits per heavy atom. The average Bonchev–Trinajstić information content (AvgIpc) is 2.35. The van der Waals surface area contributed by atoms with Gasteiger partial charge in [-0.1, -0.05) is 12.1 Å².